The largest absolute Gasteiger partial charge is 0.432 e. The second-order valence-electron chi connectivity index (χ2n) is 11.1. The lowest BCUT2D eigenvalue weighted by molar-refractivity contribution is -0.189. The van der Waals surface area contributed by atoms with E-state index in [2.05, 4.69) is 10.8 Å². The molecule has 0 amide bonds. The summed E-state index contributed by atoms with van der Waals surface area (Å²) in [6.45, 7) is 1.99. The Bertz CT molecular complexity index is 1690. The van der Waals surface area contributed by atoms with E-state index in [-0.39, 0.29) is 34.7 Å². The van der Waals surface area contributed by atoms with Crippen molar-refractivity contribution in [3.63, 3.8) is 0 Å². The SMILES string of the molecule is CC=CCC1CCC(c2ccc(-c3ccc(-c4cc(F)c(C(F)(F)Oc5cc(F)c(F)c(F)c5)c(F)c4)c(F)c3)c(F)c2)CC1. The van der Waals surface area contributed by atoms with Gasteiger partial charge >= 0.3 is 6.11 Å². The first-order valence-electron chi connectivity index (χ1n) is 14.3. The Hall–Kier alpha value is -4.21. The third-order valence-electron chi connectivity index (χ3n) is 8.14. The molecular formula is C35H27F9O. The van der Waals surface area contributed by atoms with Crippen LogP contribution in [-0.2, 0) is 6.11 Å². The second-order valence-corrected chi connectivity index (χ2v) is 11.1. The van der Waals surface area contributed by atoms with Gasteiger partial charge in [-0.1, -0.05) is 36.4 Å². The first-order chi connectivity index (χ1) is 21.4. The fraction of sp³-hybridized carbons (Fsp3) is 0.257. The zero-order valence-corrected chi connectivity index (χ0v) is 23.9. The number of benzene rings is 4. The predicted octanol–water partition coefficient (Wildman–Crippen LogP) is 11.4. The van der Waals surface area contributed by atoms with Crippen molar-refractivity contribution in [2.75, 3.05) is 0 Å². The standard InChI is InChI=1S/C35H27F9O/c1-2-3-4-19-5-7-20(8-6-19)21-9-11-25(27(36)13-21)22-10-12-26(28(37)14-22)23-15-29(38)33(30(39)16-23)35(43,44)45-24-17-31(40)34(42)32(41)18-24/h2-3,9-20H,4-8H2,1H3. The maximum Gasteiger partial charge on any atom is 0.432 e. The lowest BCUT2D eigenvalue weighted by Crippen LogP contribution is -2.25. The zero-order valence-electron chi connectivity index (χ0n) is 23.9. The van der Waals surface area contributed by atoms with Gasteiger partial charge in [0.1, 0.15) is 34.6 Å². The summed E-state index contributed by atoms with van der Waals surface area (Å²) >= 11 is 0. The normalized spacial score (nSPS) is 17.2. The molecule has 0 spiro atoms. The van der Waals surface area contributed by atoms with Crippen molar-refractivity contribution in [2.45, 2.75) is 51.1 Å². The van der Waals surface area contributed by atoms with Gasteiger partial charge in [-0.25, -0.2) is 30.7 Å². The smallest absolute Gasteiger partial charge is 0.429 e. The molecule has 0 heterocycles. The number of hydrogen-bond acceptors (Lipinski definition) is 1. The van der Waals surface area contributed by atoms with Crippen molar-refractivity contribution in [3.05, 3.63) is 125 Å². The van der Waals surface area contributed by atoms with E-state index in [0.717, 1.165) is 49.8 Å². The van der Waals surface area contributed by atoms with Gasteiger partial charge in [0.2, 0.25) is 0 Å². The molecule has 0 radical (unpaired) electrons. The molecule has 236 valence electrons. The fourth-order valence-electron chi connectivity index (χ4n) is 5.79. The monoisotopic (exact) mass is 634 g/mol. The molecule has 1 fully saturated rings. The Morgan fingerprint density at radius 2 is 1.22 bits per heavy atom. The maximum atomic E-state index is 15.2. The number of allylic oxidation sites excluding steroid dienone is 2. The first kappa shape index (κ1) is 32.2. The molecule has 1 saturated carbocycles. The van der Waals surface area contributed by atoms with Crippen LogP contribution in [0.2, 0.25) is 0 Å². The summed E-state index contributed by atoms with van der Waals surface area (Å²) < 4.78 is 133. The third kappa shape index (κ3) is 6.89. The van der Waals surface area contributed by atoms with Gasteiger partial charge in [0.25, 0.3) is 0 Å². The van der Waals surface area contributed by atoms with Crippen LogP contribution in [-0.4, -0.2) is 0 Å². The van der Waals surface area contributed by atoms with Gasteiger partial charge in [0.15, 0.2) is 17.5 Å². The molecule has 1 aliphatic carbocycles. The van der Waals surface area contributed by atoms with E-state index < -0.39 is 63.7 Å². The van der Waals surface area contributed by atoms with E-state index in [1.165, 1.54) is 12.1 Å². The summed E-state index contributed by atoms with van der Waals surface area (Å²) in [6.07, 6.45) is 4.42. The molecule has 0 N–H and O–H groups in total. The molecule has 4 aromatic carbocycles. The Morgan fingerprint density at radius 1 is 0.667 bits per heavy atom. The number of hydrogen-bond donors (Lipinski definition) is 0. The molecule has 0 aliphatic heterocycles. The lowest BCUT2D eigenvalue weighted by Gasteiger charge is -2.28. The van der Waals surface area contributed by atoms with Crippen LogP contribution in [0.5, 0.6) is 5.75 Å². The van der Waals surface area contributed by atoms with Crippen LogP contribution in [0, 0.1) is 46.6 Å². The topological polar surface area (TPSA) is 9.23 Å². The van der Waals surface area contributed by atoms with Crippen LogP contribution in [0.3, 0.4) is 0 Å². The fourth-order valence-corrected chi connectivity index (χ4v) is 5.79. The number of rotatable bonds is 8. The van der Waals surface area contributed by atoms with E-state index in [1.807, 2.05) is 19.1 Å². The molecule has 0 saturated heterocycles. The summed E-state index contributed by atoms with van der Waals surface area (Å²) in [5.41, 5.74) is -1.59. The molecule has 0 atom stereocenters. The average molecular weight is 635 g/mol. The highest BCUT2D eigenvalue weighted by molar-refractivity contribution is 5.72. The van der Waals surface area contributed by atoms with Crippen LogP contribution in [0.4, 0.5) is 39.5 Å². The van der Waals surface area contributed by atoms with E-state index in [0.29, 0.717) is 18.1 Å². The molecular weight excluding hydrogens is 607 g/mol. The highest BCUT2D eigenvalue weighted by Crippen LogP contribution is 2.40. The minimum atomic E-state index is -4.79. The molecule has 45 heavy (non-hydrogen) atoms. The van der Waals surface area contributed by atoms with Gasteiger partial charge in [-0.15, -0.1) is 0 Å². The minimum absolute atomic E-state index is 0.0847. The van der Waals surface area contributed by atoms with Crippen LogP contribution in [0.25, 0.3) is 22.3 Å². The molecule has 1 aliphatic rings. The van der Waals surface area contributed by atoms with Crippen LogP contribution in [0.1, 0.15) is 56.1 Å². The number of alkyl halides is 2. The molecule has 10 heteroatoms. The van der Waals surface area contributed by atoms with Crippen molar-refractivity contribution in [3.8, 4) is 28.0 Å². The second kappa shape index (κ2) is 13.0. The summed E-state index contributed by atoms with van der Waals surface area (Å²) in [5, 5.41) is 0. The molecule has 0 aromatic heterocycles. The van der Waals surface area contributed by atoms with Crippen LogP contribution in [0.15, 0.2) is 72.8 Å². The van der Waals surface area contributed by atoms with Gasteiger partial charge in [0, 0.05) is 23.3 Å². The minimum Gasteiger partial charge on any atom is -0.429 e. The van der Waals surface area contributed by atoms with Gasteiger partial charge in [0.05, 0.1) is 0 Å². The van der Waals surface area contributed by atoms with Crippen molar-refractivity contribution >= 4 is 0 Å². The van der Waals surface area contributed by atoms with Gasteiger partial charge in [-0.05, 0) is 91.8 Å². The first-order valence-corrected chi connectivity index (χ1v) is 14.3. The molecule has 0 unspecified atom stereocenters. The zero-order chi connectivity index (χ0) is 32.5. The molecule has 4 aromatic rings. The van der Waals surface area contributed by atoms with Gasteiger partial charge in [-0.3, -0.25) is 0 Å². The molecule has 1 nitrogen and oxygen atoms in total. The molecule has 5 rings (SSSR count). The maximum absolute atomic E-state index is 15.2. The highest BCUT2D eigenvalue weighted by atomic mass is 19.3. The van der Waals surface area contributed by atoms with Gasteiger partial charge < -0.3 is 4.74 Å². The highest BCUT2D eigenvalue weighted by Gasteiger charge is 2.41. The number of ether oxygens (including phenoxy) is 1. The van der Waals surface area contributed by atoms with E-state index in [9.17, 15) is 30.7 Å². The number of halogens is 9. The van der Waals surface area contributed by atoms with E-state index >= 15 is 8.78 Å². The van der Waals surface area contributed by atoms with Crippen molar-refractivity contribution in [2.24, 2.45) is 5.92 Å². The predicted molar refractivity (Wildman–Crippen MR) is 152 cm³/mol. The summed E-state index contributed by atoms with van der Waals surface area (Å²) in [4.78, 5) is 0. The quantitative estimate of drug-likeness (QED) is 0.106. The van der Waals surface area contributed by atoms with E-state index in [4.69, 9.17) is 0 Å². The van der Waals surface area contributed by atoms with Crippen LogP contribution < -0.4 is 4.74 Å². The molecule has 0 bridgehead atoms. The summed E-state index contributed by atoms with van der Waals surface area (Å²) in [6, 6.07) is 9.28. The third-order valence-corrected chi connectivity index (χ3v) is 8.14. The van der Waals surface area contributed by atoms with Crippen molar-refractivity contribution in [1.29, 1.82) is 0 Å². The summed E-state index contributed by atoms with van der Waals surface area (Å²) in [7, 11) is 0. The van der Waals surface area contributed by atoms with Crippen molar-refractivity contribution in [1.82, 2.24) is 0 Å². The Kier molecular flexibility index (Phi) is 9.32. The lowest BCUT2D eigenvalue weighted by atomic mass is 9.77. The summed E-state index contributed by atoms with van der Waals surface area (Å²) in [5.74, 6) is -11.3. The average Bonchev–Trinajstić information content (AvgIpc) is 2.98. The Balaban J connectivity index is 1.35. The van der Waals surface area contributed by atoms with Crippen molar-refractivity contribution < 1.29 is 44.3 Å². The van der Waals surface area contributed by atoms with Crippen LogP contribution >= 0.6 is 0 Å². The van der Waals surface area contributed by atoms with E-state index in [1.54, 1.807) is 6.07 Å². The Morgan fingerprint density at radius 3 is 1.80 bits per heavy atom. The van der Waals surface area contributed by atoms with Gasteiger partial charge in [-0.2, -0.15) is 8.78 Å². The Labute approximate surface area is 254 Å².